The van der Waals surface area contributed by atoms with Crippen molar-refractivity contribution in [2.24, 2.45) is 0 Å². The molecule has 1 unspecified atom stereocenters. The number of hydrogen-bond donors (Lipinski definition) is 2. The normalized spacial score (nSPS) is 11.1. The molecule has 0 saturated carbocycles. The number of pyridine rings is 1. The van der Waals surface area contributed by atoms with Crippen LogP contribution in [0, 0.1) is 0 Å². The number of esters is 1. The van der Waals surface area contributed by atoms with E-state index >= 15 is 0 Å². The number of halogens is 1. The number of nitrogens with zero attached hydrogens (tertiary/aromatic N) is 7. The van der Waals surface area contributed by atoms with Crippen LogP contribution in [0.5, 0.6) is 0 Å². The van der Waals surface area contributed by atoms with Crippen molar-refractivity contribution in [1.29, 1.82) is 0 Å². The summed E-state index contributed by atoms with van der Waals surface area (Å²) in [6.07, 6.45) is 6.96. The summed E-state index contributed by atoms with van der Waals surface area (Å²) in [7, 11) is 1.32. The van der Waals surface area contributed by atoms with Crippen molar-refractivity contribution in [2.45, 2.75) is 26.3 Å². The van der Waals surface area contributed by atoms with Gasteiger partial charge in [-0.25, -0.2) is 29.7 Å². The average Bonchev–Trinajstić information content (AvgIpc) is 3.49. The third-order valence-electron chi connectivity index (χ3n) is 6.61. The Balaban J connectivity index is 0.000000266. The molecule has 0 aliphatic rings. The summed E-state index contributed by atoms with van der Waals surface area (Å²) in [5.41, 5.74) is 10.3. The molecule has 44 heavy (non-hydrogen) atoms. The van der Waals surface area contributed by atoms with Gasteiger partial charge in [-0.3, -0.25) is 13.7 Å². The minimum Gasteiger partial charge on any atom is -0.464 e. The molecule has 0 bridgehead atoms. The highest BCUT2D eigenvalue weighted by atomic mass is 127. The predicted octanol–water partition coefficient (Wildman–Crippen LogP) is 5.33. The molecular formula is C30H29IN9O3P. The summed E-state index contributed by atoms with van der Waals surface area (Å²) in [5, 5.41) is 3.87. The quantitative estimate of drug-likeness (QED) is 0.120. The van der Waals surface area contributed by atoms with E-state index in [0.717, 1.165) is 29.1 Å². The average molecular weight is 722 g/mol. The Bertz CT molecular complexity index is 1970. The van der Waals surface area contributed by atoms with Gasteiger partial charge in [0.15, 0.2) is 17.0 Å². The maximum Gasteiger partial charge on any atom is 0.356 e. The Hall–Kier alpha value is -4.49. The van der Waals surface area contributed by atoms with E-state index < -0.39 is 5.97 Å². The van der Waals surface area contributed by atoms with Crippen molar-refractivity contribution in [3.05, 3.63) is 107 Å². The molecule has 4 heterocycles. The lowest BCUT2D eigenvalue weighted by atomic mass is 10.1. The van der Waals surface area contributed by atoms with E-state index in [1.807, 2.05) is 52.9 Å². The SMILES string of the molecule is CCCc1nc2cccc(NCc3ccc(C(=O)OC)nc3)c2c(=O)n1-c1ccccc1.Nc1ncnc2c1ncn2PI. The Kier molecular flexibility index (Phi) is 10.1. The van der Waals surface area contributed by atoms with Crippen LogP contribution >= 0.6 is 28.4 Å². The molecule has 224 valence electrons. The number of anilines is 2. The van der Waals surface area contributed by atoms with Gasteiger partial charge in [0.25, 0.3) is 5.56 Å². The molecule has 0 saturated heterocycles. The van der Waals surface area contributed by atoms with Crippen LogP contribution in [0.15, 0.2) is 84.3 Å². The molecule has 0 amide bonds. The number of aryl methyl sites for hydroxylation is 1. The number of methoxy groups -OCH3 is 1. The number of para-hydroxylation sites is 1. The van der Waals surface area contributed by atoms with E-state index in [1.54, 1.807) is 29.2 Å². The Labute approximate surface area is 267 Å². The summed E-state index contributed by atoms with van der Waals surface area (Å²) in [6, 6.07) is 18.6. The van der Waals surface area contributed by atoms with Gasteiger partial charge in [0, 0.05) is 24.8 Å². The number of benzene rings is 2. The molecular weight excluding hydrogens is 692 g/mol. The number of nitrogens with one attached hydrogen (secondary N) is 1. The molecule has 4 aromatic heterocycles. The minimum atomic E-state index is -0.478. The van der Waals surface area contributed by atoms with E-state index in [9.17, 15) is 9.59 Å². The summed E-state index contributed by atoms with van der Waals surface area (Å²) in [6.45, 7) is 2.51. The lowest BCUT2D eigenvalue weighted by molar-refractivity contribution is 0.0594. The van der Waals surface area contributed by atoms with Crippen LogP contribution in [0.25, 0.3) is 27.8 Å². The second kappa shape index (κ2) is 14.3. The number of rotatable bonds is 8. The van der Waals surface area contributed by atoms with E-state index in [4.69, 9.17) is 10.7 Å². The summed E-state index contributed by atoms with van der Waals surface area (Å²) >= 11 is 2.26. The number of aromatic nitrogens is 7. The first-order valence-corrected chi connectivity index (χ1v) is 17.7. The minimum absolute atomic E-state index is 0.105. The zero-order valence-corrected chi connectivity index (χ0v) is 27.1. The molecule has 12 nitrogen and oxygen atoms in total. The fraction of sp³-hybridized carbons (Fsp3) is 0.167. The van der Waals surface area contributed by atoms with Crippen molar-refractivity contribution in [1.82, 2.24) is 33.8 Å². The van der Waals surface area contributed by atoms with Gasteiger partial charge in [0.2, 0.25) is 0 Å². The van der Waals surface area contributed by atoms with Gasteiger partial charge in [-0.15, -0.1) is 0 Å². The van der Waals surface area contributed by atoms with Crippen molar-refractivity contribution in [2.75, 3.05) is 18.2 Å². The lowest BCUT2D eigenvalue weighted by Gasteiger charge is -2.15. The number of carbonyl (C=O) groups excluding carboxylic acids is 1. The zero-order chi connectivity index (χ0) is 31.1. The molecule has 0 radical (unpaired) electrons. The van der Waals surface area contributed by atoms with Crippen LogP contribution < -0.4 is 16.6 Å². The Morgan fingerprint density at radius 2 is 1.86 bits per heavy atom. The first-order chi connectivity index (χ1) is 21.4. The summed E-state index contributed by atoms with van der Waals surface area (Å²) in [5.74, 6) is 0.707. The van der Waals surface area contributed by atoms with Crippen LogP contribution in [0.2, 0.25) is 0 Å². The van der Waals surface area contributed by atoms with Crippen molar-refractivity contribution >= 4 is 68.0 Å². The maximum absolute atomic E-state index is 13.6. The standard InChI is InChI=1S/C25H24N4O3.C5H5IN5P/c1-3-8-22-28-20-12-7-11-19(23(20)24(30)29(22)18-9-5-4-6-10-18)26-15-17-13-14-21(27-16-17)25(31)32-2;6-12-11-2-10-3-4(7)8-1-9-5(3)11/h4-7,9-14,16,26H,3,8,15H2,1-2H3;1-2,12H,(H2,7,8,9). The van der Waals surface area contributed by atoms with Crippen molar-refractivity contribution in [3.8, 4) is 5.69 Å². The number of carbonyl (C=O) groups is 1. The smallest absolute Gasteiger partial charge is 0.356 e. The number of ether oxygens (including phenoxy) is 1. The van der Waals surface area contributed by atoms with Crippen LogP contribution in [0.1, 0.15) is 35.2 Å². The van der Waals surface area contributed by atoms with E-state index in [-0.39, 0.29) is 11.3 Å². The van der Waals surface area contributed by atoms with Crippen LogP contribution in [0.3, 0.4) is 0 Å². The molecule has 2 aromatic carbocycles. The molecule has 0 aliphatic carbocycles. The first-order valence-electron chi connectivity index (χ1n) is 13.6. The molecule has 6 rings (SSSR count). The van der Waals surface area contributed by atoms with Crippen LogP contribution in [-0.4, -0.2) is 46.9 Å². The van der Waals surface area contributed by atoms with Gasteiger partial charge in [-0.1, -0.05) is 37.3 Å². The van der Waals surface area contributed by atoms with E-state index in [1.165, 1.54) is 13.4 Å². The van der Waals surface area contributed by atoms with Crippen LogP contribution in [-0.2, 0) is 17.7 Å². The topological polar surface area (TPSA) is 156 Å². The van der Waals surface area contributed by atoms with Gasteiger partial charge in [0.1, 0.15) is 24.2 Å². The first kappa shape index (κ1) is 31.0. The molecule has 6 aromatic rings. The number of hydrogen-bond acceptors (Lipinski definition) is 10. The van der Waals surface area contributed by atoms with Gasteiger partial charge in [-0.05, 0) is 64.4 Å². The van der Waals surface area contributed by atoms with Crippen molar-refractivity contribution < 1.29 is 9.53 Å². The molecule has 1 atom stereocenters. The number of nitrogen functional groups attached to an aromatic ring is 1. The molecule has 3 N–H and O–H groups in total. The monoisotopic (exact) mass is 721 g/mol. The summed E-state index contributed by atoms with van der Waals surface area (Å²) < 4.78 is 8.32. The molecule has 0 fully saturated rings. The van der Waals surface area contributed by atoms with E-state index in [0.29, 0.717) is 47.3 Å². The highest BCUT2D eigenvalue weighted by Gasteiger charge is 2.15. The number of nitrogens with two attached hydrogens (primary N) is 1. The fourth-order valence-electron chi connectivity index (χ4n) is 4.52. The predicted molar refractivity (Wildman–Crippen MR) is 182 cm³/mol. The largest absolute Gasteiger partial charge is 0.464 e. The maximum atomic E-state index is 13.6. The van der Waals surface area contributed by atoms with Crippen LogP contribution in [0.4, 0.5) is 11.5 Å². The molecule has 14 heteroatoms. The van der Waals surface area contributed by atoms with Crippen molar-refractivity contribution in [3.63, 3.8) is 0 Å². The lowest BCUT2D eigenvalue weighted by Crippen LogP contribution is -2.24. The fourth-order valence-corrected chi connectivity index (χ4v) is 5.93. The van der Waals surface area contributed by atoms with Gasteiger partial charge >= 0.3 is 5.97 Å². The number of imidazole rings is 1. The third-order valence-corrected chi connectivity index (χ3v) is 8.68. The summed E-state index contributed by atoms with van der Waals surface area (Å²) in [4.78, 5) is 46.2. The Morgan fingerprint density at radius 1 is 1.05 bits per heavy atom. The molecule has 0 aliphatic heterocycles. The van der Waals surface area contributed by atoms with Gasteiger partial charge in [0.05, 0.1) is 30.1 Å². The highest BCUT2D eigenvalue weighted by molar-refractivity contribution is 14.2. The Morgan fingerprint density at radius 3 is 2.57 bits per heavy atom. The van der Waals surface area contributed by atoms with Gasteiger partial charge < -0.3 is 15.8 Å². The zero-order valence-electron chi connectivity index (χ0n) is 23.9. The highest BCUT2D eigenvalue weighted by Crippen LogP contribution is 2.28. The second-order valence-corrected chi connectivity index (χ2v) is 11.6. The number of fused-ring (bicyclic) bond motifs is 2. The second-order valence-electron chi connectivity index (χ2n) is 9.48. The third kappa shape index (κ3) is 6.68. The van der Waals surface area contributed by atoms with E-state index in [2.05, 4.69) is 59.0 Å². The molecule has 0 spiro atoms. The van der Waals surface area contributed by atoms with Gasteiger partial charge in [-0.2, -0.15) is 0 Å².